The Balaban J connectivity index is 1.27. The number of benzene rings is 6. The van der Waals surface area contributed by atoms with E-state index < -0.39 is 0 Å². The molecular formula is C41H28N4. The fraction of sp³-hybridized carbons (Fsp3) is 0.0244. The van der Waals surface area contributed by atoms with Gasteiger partial charge in [-0.1, -0.05) is 133 Å². The molecule has 45 heavy (non-hydrogen) atoms. The lowest BCUT2D eigenvalue weighted by Crippen LogP contribution is -2.01. The Labute approximate surface area is 261 Å². The largest absolute Gasteiger partial charge is 0.256 e. The molecule has 0 bridgehead atoms. The molecule has 4 nitrogen and oxygen atoms in total. The minimum Gasteiger partial charge on any atom is -0.256 e. The highest BCUT2D eigenvalue weighted by molar-refractivity contribution is 6.14. The summed E-state index contributed by atoms with van der Waals surface area (Å²) >= 11 is 0. The minimum absolute atomic E-state index is 0.657. The van der Waals surface area contributed by atoms with E-state index in [1.54, 1.807) is 0 Å². The Hall–Kier alpha value is -6.00. The number of pyridine rings is 1. The first-order valence-electron chi connectivity index (χ1n) is 15.1. The summed E-state index contributed by atoms with van der Waals surface area (Å²) in [5.74, 6) is 1.98. The lowest BCUT2D eigenvalue weighted by atomic mass is 9.87. The van der Waals surface area contributed by atoms with Gasteiger partial charge in [-0.3, -0.25) is 4.98 Å². The molecule has 2 aromatic heterocycles. The zero-order valence-corrected chi connectivity index (χ0v) is 24.5. The molecule has 0 saturated carbocycles. The highest BCUT2D eigenvalue weighted by Crippen LogP contribution is 2.39. The zero-order valence-electron chi connectivity index (χ0n) is 24.5. The first kappa shape index (κ1) is 26.6. The monoisotopic (exact) mass is 576 g/mol. The molecule has 0 aliphatic carbocycles. The number of fused-ring (bicyclic) bond motifs is 2. The Morgan fingerprint density at radius 2 is 0.889 bits per heavy atom. The van der Waals surface area contributed by atoms with Gasteiger partial charge in [0.05, 0.1) is 5.69 Å². The Morgan fingerprint density at radius 1 is 0.400 bits per heavy atom. The van der Waals surface area contributed by atoms with Crippen molar-refractivity contribution >= 4 is 21.5 Å². The second-order valence-corrected chi connectivity index (χ2v) is 11.1. The van der Waals surface area contributed by atoms with E-state index in [1.807, 2.05) is 72.9 Å². The SMILES string of the molecule is c1ccc(-c2nc(-c3ccccc3)nc(-c3cccc(Cc4c5ccccc5c(-c5ccccn5)c5ccccc45)c3)n2)cc1. The third kappa shape index (κ3) is 5.13. The summed E-state index contributed by atoms with van der Waals surface area (Å²) < 4.78 is 0. The maximum Gasteiger partial charge on any atom is 0.164 e. The number of nitrogens with zero attached hydrogens (tertiary/aromatic N) is 4. The summed E-state index contributed by atoms with van der Waals surface area (Å²) in [6.45, 7) is 0. The van der Waals surface area contributed by atoms with Gasteiger partial charge in [0.15, 0.2) is 17.5 Å². The number of hydrogen-bond acceptors (Lipinski definition) is 4. The molecule has 0 fully saturated rings. The van der Waals surface area contributed by atoms with Crippen molar-refractivity contribution in [3.63, 3.8) is 0 Å². The molecule has 0 aliphatic heterocycles. The molecule has 0 spiro atoms. The Morgan fingerprint density at radius 3 is 1.44 bits per heavy atom. The summed E-state index contributed by atoms with van der Waals surface area (Å²) in [6, 6.07) is 52.3. The average molecular weight is 577 g/mol. The molecule has 6 aromatic carbocycles. The van der Waals surface area contributed by atoms with Gasteiger partial charge in [-0.15, -0.1) is 0 Å². The molecule has 0 amide bonds. The van der Waals surface area contributed by atoms with Crippen molar-refractivity contribution in [1.29, 1.82) is 0 Å². The van der Waals surface area contributed by atoms with Gasteiger partial charge in [0.25, 0.3) is 0 Å². The van der Waals surface area contributed by atoms with Crippen LogP contribution in [0.1, 0.15) is 11.1 Å². The third-order valence-electron chi connectivity index (χ3n) is 8.23. The minimum atomic E-state index is 0.657. The van der Waals surface area contributed by atoms with Crippen LogP contribution in [0.4, 0.5) is 0 Å². The van der Waals surface area contributed by atoms with Crippen molar-refractivity contribution in [2.75, 3.05) is 0 Å². The van der Waals surface area contributed by atoms with Crippen molar-refractivity contribution in [2.45, 2.75) is 6.42 Å². The molecular weight excluding hydrogens is 548 g/mol. The molecule has 0 aliphatic rings. The first-order chi connectivity index (χ1) is 22.3. The maximum absolute atomic E-state index is 4.96. The van der Waals surface area contributed by atoms with Gasteiger partial charge in [0.2, 0.25) is 0 Å². The summed E-state index contributed by atoms with van der Waals surface area (Å²) in [5.41, 5.74) is 7.52. The summed E-state index contributed by atoms with van der Waals surface area (Å²) in [4.78, 5) is 19.5. The standard InChI is InChI=1S/C41H28N4/c1-3-15-29(16-4-1)39-43-40(30-17-5-2-6-18-30)45-41(44-39)31-19-13-14-28(26-31)27-36-32-20-7-9-22-34(32)38(37-24-11-12-25-42-37)35-23-10-8-21-33(35)36/h1-26H,27H2. The first-order valence-corrected chi connectivity index (χ1v) is 15.1. The van der Waals surface area contributed by atoms with Gasteiger partial charge in [-0.25, -0.2) is 15.0 Å². The van der Waals surface area contributed by atoms with Crippen LogP contribution < -0.4 is 0 Å². The molecule has 2 heterocycles. The molecule has 0 N–H and O–H groups in total. The Kier molecular flexibility index (Phi) is 6.85. The van der Waals surface area contributed by atoms with Crippen molar-refractivity contribution in [2.24, 2.45) is 0 Å². The zero-order chi connectivity index (χ0) is 30.0. The van der Waals surface area contributed by atoms with Crippen LogP contribution in [-0.4, -0.2) is 19.9 Å². The van der Waals surface area contributed by atoms with Gasteiger partial charge < -0.3 is 0 Å². The maximum atomic E-state index is 4.96. The molecule has 0 saturated heterocycles. The highest BCUT2D eigenvalue weighted by Gasteiger charge is 2.17. The normalized spacial score (nSPS) is 11.2. The molecule has 0 unspecified atom stereocenters. The average Bonchev–Trinajstić information content (AvgIpc) is 3.12. The fourth-order valence-electron chi connectivity index (χ4n) is 6.16. The van der Waals surface area contributed by atoms with Gasteiger partial charge in [-0.2, -0.15) is 0 Å². The molecule has 212 valence electrons. The number of aromatic nitrogens is 4. The molecule has 8 aromatic rings. The van der Waals surface area contributed by atoms with Crippen molar-refractivity contribution in [1.82, 2.24) is 19.9 Å². The van der Waals surface area contributed by atoms with E-state index in [4.69, 9.17) is 19.9 Å². The van der Waals surface area contributed by atoms with E-state index >= 15 is 0 Å². The van der Waals surface area contributed by atoms with Crippen molar-refractivity contribution in [3.8, 4) is 45.4 Å². The summed E-state index contributed by atoms with van der Waals surface area (Å²) in [6.07, 6.45) is 2.63. The third-order valence-corrected chi connectivity index (χ3v) is 8.23. The van der Waals surface area contributed by atoms with Gasteiger partial charge >= 0.3 is 0 Å². The lowest BCUT2D eigenvalue weighted by Gasteiger charge is -2.17. The van der Waals surface area contributed by atoms with E-state index in [2.05, 4.69) is 84.9 Å². The van der Waals surface area contributed by atoms with Gasteiger partial charge in [0, 0.05) is 28.5 Å². The lowest BCUT2D eigenvalue weighted by molar-refractivity contribution is 1.07. The van der Waals surface area contributed by atoms with E-state index in [1.165, 1.54) is 38.2 Å². The van der Waals surface area contributed by atoms with Crippen LogP contribution in [0.2, 0.25) is 0 Å². The molecule has 0 radical (unpaired) electrons. The van der Waals surface area contributed by atoms with Gasteiger partial charge in [0.1, 0.15) is 0 Å². The van der Waals surface area contributed by atoms with Crippen LogP contribution >= 0.6 is 0 Å². The van der Waals surface area contributed by atoms with Crippen LogP contribution in [-0.2, 0) is 6.42 Å². The fourth-order valence-corrected chi connectivity index (χ4v) is 6.16. The molecule has 0 atom stereocenters. The van der Waals surface area contributed by atoms with E-state index in [9.17, 15) is 0 Å². The van der Waals surface area contributed by atoms with E-state index in [0.29, 0.717) is 17.5 Å². The van der Waals surface area contributed by atoms with Crippen LogP contribution in [0, 0.1) is 0 Å². The van der Waals surface area contributed by atoms with Crippen molar-refractivity contribution in [3.05, 3.63) is 169 Å². The summed E-state index contributed by atoms with van der Waals surface area (Å²) in [7, 11) is 0. The predicted octanol–water partition coefficient (Wildman–Crippen LogP) is 9.83. The molecule has 8 rings (SSSR count). The van der Waals surface area contributed by atoms with Crippen LogP contribution in [0.5, 0.6) is 0 Å². The van der Waals surface area contributed by atoms with Crippen LogP contribution in [0.3, 0.4) is 0 Å². The topological polar surface area (TPSA) is 51.6 Å². The van der Waals surface area contributed by atoms with E-state index in [-0.39, 0.29) is 0 Å². The van der Waals surface area contributed by atoms with Crippen LogP contribution in [0.15, 0.2) is 158 Å². The van der Waals surface area contributed by atoms with Gasteiger partial charge in [-0.05, 0) is 57.3 Å². The highest BCUT2D eigenvalue weighted by atomic mass is 15.0. The number of hydrogen-bond donors (Lipinski definition) is 0. The quantitative estimate of drug-likeness (QED) is 0.185. The summed E-state index contributed by atoms with van der Waals surface area (Å²) in [5, 5.41) is 4.89. The van der Waals surface area contributed by atoms with E-state index in [0.717, 1.165) is 28.8 Å². The second-order valence-electron chi connectivity index (χ2n) is 11.1. The predicted molar refractivity (Wildman–Crippen MR) is 184 cm³/mol. The smallest absolute Gasteiger partial charge is 0.164 e. The Bertz CT molecular complexity index is 2170. The molecule has 4 heteroatoms. The van der Waals surface area contributed by atoms with Crippen LogP contribution in [0.25, 0.3) is 67.0 Å². The second kappa shape index (κ2) is 11.6. The van der Waals surface area contributed by atoms with Crippen molar-refractivity contribution < 1.29 is 0 Å². The number of rotatable bonds is 6.